The maximum absolute atomic E-state index is 4.01. The zero-order valence-electron chi connectivity index (χ0n) is 9.54. The summed E-state index contributed by atoms with van der Waals surface area (Å²) in [5.74, 6) is 0.983. The van der Waals surface area contributed by atoms with Crippen molar-refractivity contribution in [1.29, 1.82) is 0 Å². The molecule has 1 N–H and O–H groups in total. The van der Waals surface area contributed by atoms with Crippen LogP contribution < -0.4 is 5.32 Å². The number of nitrogens with one attached hydrogen (secondary N) is 1. The van der Waals surface area contributed by atoms with Crippen molar-refractivity contribution >= 4 is 0 Å². The number of hydrogen-bond donors (Lipinski definition) is 1. The van der Waals surface area contributed by atoms with Crippen LogP contribution in [0.25, 0.3) is 0 Å². The average Bonchev–Trinajstić information content (AvgIpc) is 2.52. The van der Waals surface area contributed by atoms with E-state index in [1.807, 2.05) is 11.6 Å². The van der Waals surface area contributed by atoms with Gasteiger partial charge >= 0.3 is 0 Å². The molecule has 4 heteroatoms. The van der Waals surface area contributed by atoms with Gasteiger partial charge in [-0.3, -0.25) is 0 Å². The van der Waals surface area contributed by atoms with Crippen molar-refractivity contribution in [2.45, 2.75) is 33.7 Å². The van der Waals surface area contributed by atoms with Gasteiger partial charge in [-0.05, 0) is 11.8 Å². The van der Waals surface area contributed by atoms with Crippen LogP contribution in [0.3, 0.4) is 0 Å². The molecule has 80 valence electrons. The molecule has 1 aromatic heterocycles. The standard InChI is InChI=1S/C10H20N4/c1-5-10(2,3)7-11-6-9-13-12-8-14(9)4/h8,11H,5-7H2,1-4H3. The smallest absolute Gasteiger partial charge is 0.146 e. The van der Waals surface area contributed by atoms with Gasteiger partial charge in [0.1, 0.15) is 12.2 Å². The molecule has 0 atom stereocenters. The maximum Gasteiger partial charge on any atom is 0.146 e. The summed E-state index contributed by atoms with van der Waals surface area (Å²) < 4.78 is 1.94. The van der Waals surface area contributed by atoms with E-state index in [1.165, 1.54) is 6.42 Å². The van der Waals surface area contributed by atoms with Gasteiger partial charge in [-0.1, -0.05) is 20.8 Å². The fourth-order valence-electron chi connectivity index (χ4n) is 1.10. The van der Waals surface area contributed by atoms with Gasteiger partial charge < -0.3 is 9.88 Å². The molecule has 14 heavy (non-hydrogen) atoms. The first-order valence-electron chi connectivity index (χ1n) is 5.09. The van der Waals surface area contributed by atoms with E-state index in [0.29, 0.717) is 5.41 Å². The average molecular weight is 196 g/mol. The van der Waals surface area contributed by atoms with Crippen LogP contribution in [0, 0.1) is 5.41 Å². The predicted molar refractivity (Wildman–Crippen MR) is 56.8 cm³/mol. The first-order valence-corrected chi connectivity index (χ1v) is 5.09. The molecule has 0 radical (unpaired) electrons. The Labute approximate surface area is 85.7 Å². The van der Waals surface area contributed by atoms with Crippen molar-refractivity contribution in [3.63, 3.8) is 0 Å². The van der Waals surface area contributed by atoms with E-state index in [4.69, 9.17) is 0 Å². The highest BCUT2D eigenvalue weighted by molar-refractivity contribution is 4.83. The van der Waals surface area contributed by atoms with E-state index < -0.39 is 0 Å². The van der Waals surface area contributed by atoms with Crippen molar-refractivity contribution in [3.05, 3.63) is 12.2 Å². The van der Waals surface area contributed by atoms with Gasteiger partial charge in [-0.25, -0.2) is 0 Å². The van der Waals surface area contributed by atoms with Gasteiger partial charge in [0, 0.05) is 13.6 Å². The van der Waals surface area contributed by atoms with Crippen LogP contribution in [0.2, 0.25) is 0 Å². The van der Waals surface area contributed by atoms with Crippen molar-refractivity contribution < 1.29 is 0 Å². The van der Waals surface area contributed by atoms with Crippen LogP contribution in [0.1, 0.15) is 33.0 Å². The fraction of sp³-hybridized carbons (Fsp3) is 0.800. The molecule has 0 amide bonds. The molecule has 0 aliphatic carbocycles. The Kier molecular flexibility index (Phi) is 3.63. The Morgan fingerprint density at radius 1 is 1.50 bits per heavy atom. The number of rotatable bonds is 5. The molecule has 0 saturated heterocycles. The van der Waals surface area contributed by atoms with Crippen molar-refractivity contribution in [1.82, 2.24) is 20.1 Å². The maximum atomic E-state index is 4.01. The van der Waals surface area contributed by atoms with Crippen molar-refractivity contribution in [2.75, 3.05) is 6.54 Å². The Morgan fingerprint density at radius 2 is 2.21 bits per heavy atom. The van der Waals surface area contributed by atoms with Crippen LogP contribution >= 0.6 is 0 Å². The summed E-state index contributed by atoms with van der Waals surface area (Å²) in [5.41, 5.74) is 0.360. The highest BCUT2D eigenvalue weighted by Gasteiger charge is 2.14. The normalized spacial score (nSPS) is 12.0. The minimum Gasteiger partial charge on any atom is -0.320 e. The summed E-state index contributed by atoms with van der Waals surface area (Å²) in [6.45, 7) is 8.54. The molecule has 1 aromatic rings. The first-order chi connectivity index (χ1) is 6.55. The van der Waals surface area contributed by atoms with E-state index >= 15 is 0 Å². The lowest BCUT2D eigenvalue weighted by Crippen LogP contribution is -2.29. The van der Waals surface area contributed by atoms with Gasteiger partial charge in [-0.2, -0.15) is 0 Å². The Hall–Kier alpha value is -0.900. The predicted octanol–water partition coefficient (Wildman–Crippen LogP) is 1.34. The second-order valence-electron chi connectivity index (χ2n) is 4.48. The second-order valence-corrected chi connectivity index (χ2v) is 4.48. The van der Waals surface area contributed by atoms with Crippen LogP contribution in [-0.2, 0) is 13.6 Å². The van der Waals surface area contributed by atoms with Gasteiger partial charge in [0.05, 0.1) is 6.54 Å². The van der Waals surface area contributed by atoms with Crippen molar-refractivity contribution in [3.8, 4) is 0 Å². The molecule has 0 spiro atoms. The summed E-state index contributed by atoms with van der Waals surface area (Å²) in [5, 5.41) is 11.2. The van der Waals surface area contributed by atoms with E-state index in [0.717, 1.165) is 18.9 Å². The first kappa shape index (κ1) is 11.2. The Bertz CT molecular complexity index is 277. The highest BCUT2D eigenvalue weighted by Crippen LogP contribution is 2.17. The van der Waals surface area contributed by atoms with Crippen LogP contribution in [0.4, 0.5) is 0 Å². The third-order valence-electron chi connectivity index (χ3n) is 2.65. The second kappa shape index (κ2) is 4.55. The summed E-state index contributed by atoms with van der Waals surface area (Å²) >= 11 is 0. The van der Waals surface area contributed by atoms with Gasteiger partial charge in [0.25, 0.3) is 0 Å². The molecule has 0 aliphatic heterocycles. The van der Waals surface area contributed by atoms with Crippen LogP contribution in [0.15, 0.2) is 6.33 Å². The quantitative estimate of drug-likeness (QED) is 0.773. The topological polar surface area (TPSA) is 42.7 Å². The molecule has 0 bridgehead atoms. The van der Waals surface area contributed by atoms with Gasteiger partial charge in [0.15, 0.2) is 0 Å². The SMILES string of the molecule is CCC(C)(C)CNCc1nncn1C. The number of aromatic nitrogens is 3. The van der Waals surface area contributed by atoms with E-state index in [-0.39, 0.29) is 0 Å². The lowest BCUT2D eigenvalue weighted by molar-refractivity contribution is 0.325. The summed E-state index contributed by atoms with van der Waals surface area (Å²) in [6.07, 6.45) is 2.90. The number of hydrogen-bond acceptors (Lipinski definition) is 3. The van der Waals surface area contributed by atoms with Crippen molar-refractivity contribution in [2.24, 2.45) is 12.5 Å². The molecule has 1 rings (SSSR count). The van der Waals surface area contributed by atoms with E-state index in [1.54, 1.807) is 6.33 Å². The van der Waals surface area contributed by atoms with Gasteiger partial charge in [-0.15, -0.1) is 10.2 Å². The highest BCUT2D eigenvalue weighted by atomic mass is 15.3. The minimum absolute atomic E-state index is 0.360. The lowest BCUT2D eigenvalue weighted by Gasteiger charge is -2.22. The number of nitrogens with zero attached hydrogens (tertiary/aromatic N) is 3. The molecule has 0 unspecified atom stereocenters. The third kappa shape index (κ3) is 3.10. The van der Waals surface area contributed by atoms with Gasteiger partial charge in [0.2, 0.25) is 0 Å². The number of aryl methyl sites for hydroxylation is 1. The Morgan fingerprint density at radius 3 is 2.71 bits per heavy atom. The largest absolute Gasteiger partial charge is 0.320 e. The van der Waals surface area contributed by atoms with E-state index in [9.17, 15) is 0 Å². The molecule has 1 heterocycles. The fourth-order valence-corrected chi connectivity index (χ4v) is 1.10. The Balaban J connectivity index is 2.32. The molecule has 0 aromatic carbocycles. The zero-order chi connectivity index (χ0) is 10.6. The summed E-state index contributed by atoms with van der Waals surface area (Å²) in [7, 11) is 1.96. The van der Waals surface area contributed by atoms with E-state index in [2.05, 4.69) is 36.3 Å². The molecular formula is C10H20N4. The summed E-state index contributed by atoms with van der Waals surface area (Å²) in [4.78, 5) is 0. The third-order valence-corrected chi connectivity index (χ3v) is 2.65. The molecule has 0 fully saturated rings. The molecular weight excluding hydrogens is 176 g/mol. The van der Waals surface area contributed by atoms with Crippen LogP contribution in [0.5, 0.6) is 0 Å². The lowest BCUT2D eigenvalue weighted by atomic mass is 9.90. The molecule has 0 aliphatic rings. The summed E-state index contributed by atoms with van der Waals surface area (Å²) in [6, 6.07) is 0. The van der Waals surface area contributed by atoms with Crippen LogP contribution in [-0.4, -0.2) is 21.3 Å². The monoisotopic (exact) mass is 196 g/mol. The molecule has 4 nitrogen and oxygen atoms in total. The zero-order valence-corrected chi connectivity index (χ0v) is 9.54. The minimum atomic E-state index is 0.360. The molecule has 0 saturated carbocycles.